The molecule has 3 rings (SSSR count). The first kappa shape index (κ1) is 17.3. The number of ether oxygens (including phenoxy) is 1. The number of hydrogen-bond acceptors (Lipinski definition) is 4. The summed E-state index contributed by atoms with van der Waals surface area (Å²) in [6, 6.07) is 9.59. The van der Waals surface area contributed by atoms with E-state index in [9.17, 15) is 4.79 Å². The predicted molar refractivity (Wildman–Crippen MR) is 94.5 cm³/mol. The van der Waals surface area contributed by atoms with Gasteiger partial charge >= 0.3 is 6.03 Å². The number of nitrogens with one attached hydrogen (secondary N) is 1. The van der Waals surface area contributed by atoms with Crippen molar-refractivity contribution in [2.24, 2.45) is 0 Å². The zero-order valence-electron chi connectivity index (χ0n) is 15.0. The molecule has 1 N–H and O–H groups in total. The first-order valence-corrected chi connectivity index (χ1v) is 8.72. The first-order chi connectivity index (χ1) is 12.1. The summed E-state index contributed by atoms with van der Waals surface area (Å²) in [7, 11) is 1.63. The largest absolute Gasteiger partial charge is 0.497 e. The number of hydrogen-bond donors (Lipinski definition) is 1. The maximum Gasteiger partial charge on any atom is 0.318 e. The van der Waals surface area contributed by atoms with Crippen molar-refractivity contribution in [1.82, 2.24) is 15.4 Å². The molecule has 1 aliphatic rings. The first-order valence-electron chi connectivity index (χ1n) is 8.72. The van der Waals surface area contributed by atoms with Crippen LogP contribution in [-0.4, -0.2) is 29.7 Å². The molecule has 0 bridgehead atoms. The molecule has 1 fully saturated rings. The van der Waals surface area contributed by atoms with Crippen molar-refractivity contribution >= 4 is 6.03 Å². The Labute approximate surface area is 148 Å². The lowest BCUT2D eigenvalue weighted by molar-refractivity contribution is 0.190. The standard InChI is InChI=1S/C19H25N3O3/c1-13(2)18-11-16(21-25-18)17-8-5-9-22(17)19(23)20-12-14-6-4-7-15(10-14)24-3/h4,6-7,10-11,13,17H,5,8-9,12H2,1-3H3,(H,20,23)/t17-/m0/s1. The Morgan fingerprint density at radius 3 is 3.00 bits per heavy atom. The Bertz CT molecular complexity index is 726. The van der Waals surface area contributed by atoms with Crippen molar-refractivity contribution in [2.75, 3.05) is 13.7 Å². The van der Waals surface area contributed by atoms with E-state index in [1.807, 2.05) is 35.2 Å². The van der Waals surface area contributed by atoms with Gasteiger partial charge in [0, 0.05) is 25.1 Å². The summed E-state index contributed by atoms with van der Waals surface area (Å²) < 4.78 is 10.6. The van der Waals surface area contributed by atoms with Crippen molar-refractivity contribution in [3.05, 3.63) is 47.3 Å². The molecule has 1 aliphatic heterocycles. The van der Waals surface area contributed by atoms with Crippen LogP contribution in [0, 0.1) is 0 Å². The minimum Gasteiger partial charge on any atom is -0.497 e. The van der Waals surface area contributed by atoms with Gasteiger partial charge in [0.2, 0.25) is 0 Å². The predicted octanol–water partition coefficient (Wildman–Crippen LogP) is 3.85. The number of benzene rings is 1. The van der Waals surface area contributed by atoms with Crippen LogP contribution < -0.4 is 10.1 Å². The molecule has 2 amide bonds. The summed E-state index contributed by atoms with van der Waals surface area (Å²) in [5.74, 6) is 1.94. The van der Waals surface area contributed by atoms with Gasteiger partial charge in [-0.05, 0) is 30.5 Å². The average Bonchev–Trinajstić information content (AvgIpc) is 3.28. The third-order valence-corrected chi connectivity index (χ3v) is 4.55. The molecule has 25 heavy (non-hydrogen) atoms. The lowest BCUT2D eigenvalue weighted by atomic mass is 10.1. The molecule has 6 nitrogen and oxygen atoms in total. The van der Waals surface area contributed by atoms with Crippen molar-refractivity contribution in [1.29, 1.82) is 0 Å². The molecule has 134 valence electrons. The highest BCUT2D eigenvalue weighted by Gasteiger charge is 2.32. The molecule has 0 radical (unpaired) electrons. The molecule has 0 unspecified atom stereocenters. The van der Waals surface area contributed by atoms with Gasteiger partial charge in [-0.25, -0.2) is 4.79 Å². The Kier molecular flexibility index (Phi) is 5.26. The van der Waals surface area contributed by atoms with Crippen LogP contribution in [0.15, 0.2) is 34.9 Å². The van der Waals surface area contributed by atoms with Crippen LogP contribution in [0.1, 0.15) is 55.7 Å². The van der Waals surface area contributed by atoms with Crippen LogP contribution in [0.3, 0.4) is 0 Å². The number of rotatable bonds is 5. The SMILES string of the molecule is COc1cccc(CNC(=O)N2CCC[C@H]2c2cc(C(C)C)on2)c1. The molecule has 1 aromatic heterocycles. The van der Waals surface area contributed by atoms with Gasteiger partial charge < -0.3 is 19.5 Å². The topological polar surface area (TPSA) is 67.6 Å². The van der Waals surface area contributed by atoms with Gasteiger partial charge in [0.25, 0.3) is 0 Å². The van der Waals surface area contributed by atoms with Crippen LogP contribution in [0.5, 0.6) is 5.75 Å². The van der Waals surface area contributed by atoms with E-state index < -0.39 is 0 Å². The van der Waals surface area contributed by atoms with Gasteiger partial charge in [0.15, 0.2) is 0 Å². The van der Waals surface area contributed by atoms with Crippen molar-refractivity contribution < 1.29 is 14.1 Å². The Balaban J connectivity index is 1.63. The second-order valence-electron chi connectivity index (χ2n) is 6.67. The van der Waals surface area contributed by atoms with Crippen LogP contribution in [0.25, 0.3) is 0 Å². The van der Waals surface area contributed by atoms with Gasteiger partial charge in [0.1, 0.15) is 17.2 Å². The molecule has 1 saturated heterocycles. The summed E-state index contributed by atoms with van der Waals surface area (Å²) in [6.45, 7) is 5.34. The summed E-state index contributed by atoms with van der Waals surface area (Å²) in [4.78, 5) is 14.5. The van der Waals surface area contributed by atoms with Gasteiger partial charge in [-0.15, -0.1) is 0 Å². The average molecular weight is 343 g/mol. The van der Waals surface area contributed by atoms with Crippen molar-refractivity contribution in [3.8, 4) is 5.75 Å². The second kappa shape index (κ2) is 7.59. The van der Waals surface area contributed by atoms with Gasteiger partial charge in [-0.2, -0.15) is 0 Å². The lowest BCUT2D eigenvalue weighted by Gasteiger charge is -2.23. The van der Waals surface area contributed by atoms with E-state index in [-0.39, 0.29) is 18.0 Å². The van der Waals surface area contributed by atoms with E-state index in [2.05, 4.69) is 24.3 Å². The summed E-state index contributed by atoms with van der Waals surface area (Å²) >= 11 is 0. The van der Waals surface area contributed by atoms with Gasteiger partial charge in [0.05, 0.1) is 13.2 Å². The van der Waals surface area contributed by atoms with E-state index in [0.717, 1.165) is 42.2 Å². The van der Waals surface area contributed by atoms with E-state index in [4.69, 9.17) is 9.26 Å². The molecule has 0 saturated carbocycles. The quantitative estimate of drug-likeness (QED) is 0.895. The molecular formula is C19H25N3O3. The third-order valence-electron chi connectivity index (χ3n) is 4.55. The normalized spacial score (nSPS) is 17.1. The van der Waals surface area contributed by atoms with Gasteiger partial charge in [-0.1, -0.05) is 31.1 Å². The number of nitrogens with zero attached hydrogens (tertiary/aromatic N) is 2. The molecule has 6 heteroatoms. The Hall–Kier alpha value is -2.50. The maximum absolute atomic E-state index is 12.6. The zero-order chi connectivity index (χ0) is 17.8. The highest BCUT2D eigenvalue weighted by molar-refractivity contribution is 5.75. The van der Waals surface area contributed by atoms with Gasteiger partial charge in [-0.3, -0.25) is 0 Å². The fraction of sp³-hybridized carbons (Fsp3) is 0.474. The molecule has 0 aliphatic carbocycles. The fourth-order valence-electron chi connectivity index (χ4n) is 3.11. The number of aromatic nitrogens is 1. The number of carbonyl (C=O) groups excluding carboxylic acids is 1. The third kappa shape index (κ3) is 3.95. The van der Waals surface area contributed by atoms with Crippen molar-refractivity contribution in [2.45, 2.75) is 45.2 Å². The Morgan fingerprint density at radius 2 is 2.28 bits per heavy atom. The molecule has 2 aromatic rings. The fourth-order valence-corrected chi connectivity index (χ4v) is 3.11. The summed E-state index contributed by atoms with van der Waals surface area (Å²) in [6.07, 6.45) is 1.89. The van der Waals surface area contributed by atoms with E-state index in [0.29, 0.717) is 6.54 Å². The number of likely N-dealkylation sites (tertiary alicyclic amines) is 1. The number of amides is 2. The second-order valence-corrected chi connectivity index (χ2v) is 6.67. The number of carbonyl (C=O) groups is 1. The van der Waals surface area contributed by atoms with Crippen LogP contribution >= 0.6 is 0 Å². The van der Waals surface area contributed by atoms with Crippen LogP contribution in [0.2, 0.25) is 0 Å². The summed E-state index contributed by atoms with van der Waals surface area (Å²) in [5, 5.41) is 7.17. The maximum atomic E-state index is 12.6. The molecular weight excluding hydrogens is 318 g/mol. The van der Waals surface area contributed by atoms with E-state index >= 15 is 0 Å². The minimum absolute atomic E-state index is 0.0124. The molecule has 2 heterocycles. The number of urea groups is 1. The highest BCUT2D eigenvalue weighted by Crippen LogP contribution is 2.32. The highest BCUT2D eigenvalue weighted by atomic mass is 16.5. The molecule has 1 aromatic carbocycles. The van der Waals surface area contributed by atoms with E-state index in [1.54, 1.807) is 7.11 Å². The lowest BCUT2D eigenvalue weighted by Crippen LogP contribution is -2.39. The monoisotopic (exact) mass is 343 g/mol. The zero-order valence-corrected chi connectivity index (χ0v) is 15.0. The molecule has 0 spiro atoms. The smallest absolute Gasteiger partial charge is 0.318 e. The van der Waals surface area contributed by atoms with Crippen LogP contribution in [0.4, 0.5) is 4.79 Å². The number of methoxy groups -OCH3 is 1. The van der Waals surface area contributed by atoms with Crippen LogP contribution in [-0.2, 0) is 6.54 Å². The Morgan fingerprint density at radius 1 is 1.44 bits per heavy atom. The minimum atomic E-state index is -0.0700. The van der Waals surface area contributed by atoms with Crippen molar-refractivity contribution in [3.63, 3.8) is 0 Å². The summed E-state index contributed by atoms with van der Waals surface area (Å²) in [5.41, 5.74) is 1.85. The molecule has 1 atom stereocenters. The van der Waals surface area contributed by atoms with E-state index in [1.165, 1.54) is 0 Å².